The second kappa shape index (κ2) is 4.17. The molecule has 0 saturated heterocycles. The van der Waals surface area contributed by atoms with Gasteiger partial charge in [-0.25, -0.2) is 0 Å². The number of aromatic amines is 1. The average Bonchev–Trinajstić information content (AvgIpc) is 2.75. The van der Waals surface area contributed by atoms with Crippen molar-refractivity contribution in [2.45, 2.75) is 25.3 Å². The molecule has 2 aromatic rings. The topological polar surface area (TPSA) is 45.0 Å². The summed E-state index contributed by atoms with van der Waals surface area (Å²) in [5.41, 5.74) is 9.91. The Hall–Kier alpha value is -1.32. The second-order valence-corrected chi connectivity index (χ2v) is 4.96. The molecule has 1 aromatic heterocycles. The Morgan fingerprint density at radius 3 is 3.06 bits per heavy atom. The van der Waals surface area contributed by atoms with E-state index in [1.54, 1.807) is 0 Å². The molecule has 3 rings (SSSR count). The van der Waals surface area contributed by atoms with Gasteiger partial charge in [0.2, 0.25) is 0 Å². The summed E-state index contributed by atoms with van der Waals surface area (Å²) < 4.78 is 0. The van der Waals surface area contributed by atoms with Gasteiger partial charge in [-0.2, -0.15) is 0 Å². The summed E-state index contributed by atoms with van der Waals surface area (Å²) in [6.07, 6.45) is 3.47. The van der Waals surface area contributed by atoms with Crippen LogP contribution in [0.15, 0.2) is 24.3 Å². The first-order chi connectivity index (χ1) is 8.29. The summed E-state index contributed by atoms with van der Waals surface area (Å²) >= 11 is 0. The number of aryl methyl sites for hydroxylation is 1. The van der Waals surface area contributed by atoms with Crippen molar-refractivity contribution >= 4 is 10.9 Å². The lowest BCUT2D eigenvalue weighted by Gasteiger charge is -2.30. The molecular weight excluding hydrogens is 210 g/mol. The monoisotopic (exact) mass is 229 g/mol. The third-order valence-electron chi connectivity index (χ3n) is 3.98. The third kappa shape index (κ3) is 1.75. The molecule has 3 N–H and O–H groups in total. The van der Waals surface area contributed by atoms with Crippen LogP contribution in [0, 0.1) is 0 Å². The second-order valence-electron chi connectivity index (χ2n) is 4.96. The maximum absolute atomic E-state index is 5.71. The molecule has 0 bridgehead atoms. The van der Waals surface area contributed by atoms with Crippen molar-refractivity contribution in [2.24, 2.45) is 5.73 Å². The Morgan fingerprint density at radius 2 is 2.24 bits per heavy atom. The van der Waals surface area contributed by atoms with Gasteiger partial charge in [-0.1, -0.05) is 18.2 Å². The minimum atomic E-state index is 0.584. The van der Waals surface area contributed by atoms with Gasteiger partial charge in [0.25, 0.3) is 0 Å². The number of hydrogen-bond acceptors (Lipinski definition) is 2. The normalized spacial score (nSPS) is 19.8. The van der Waals surface area contributed by atoms with Crippen LogP contribution in [0.25, 0.3) is 10.9 Å². The standard InChI is InChI=1S/C14H19N3/c1-17(9-15)10-6-7-12-11-4-2-3-5-13(11)16-14(12)8-10/h2-5,10,16H,6-9,15H2,1H3. The molecule has 0 fully saturated rings. The van der Waals surface area contributed by atoms with Gasteiger partial charge in [-0.15, -0.1) is 0 Å². The van der Waals surface area contributed by atoms with Gasteiger partial charge >= 0.3 is 0 Å². The Balaban J connectivity index is 1.98. The van der Waals surface area contributed by atoms with Crippen molar-refractivity contribution in [1.82, 2.24) is 9.88 Å². The van der Waals surface area contributed by atoms with Crippen molar-refractivity contribution in [2.75, 3.05) is 13.7 Å². The van der Waals surface area contributed by atoms with E-state index in [9.17, 15) is 0 Å². The molecule has 3 heteroatoms. The van der Waals surface area contributed by atoms with E-state index in [0.717, 1.165) is 12.8 Å². The molecule has 3 nitrogen and oxygen atoms in total. The largest absolute Gasteiger partial charge is 0.358 e. The van der Waals surface area contributed by atoms with Crippen LogP contribution in [-0.4, -0.2) is 29.6 Å². The van der Waals surface area contributed by atoms with Gasteiger partial charge in [-0.3, -0.25) is 4.90 Å². The van der Waals surface area contributed by atoms with Crippen LogP contribution < -0.4 is 5.73 Å². The number of rotatable bonds is 2. The summed E-state index contributed by atoms with van der Waals surface area (Å²) in [5.74, 6) is 0. The fraction of sp³-hybridized carbons (Fsp3) is 0.429. The minimum Gasteiger partial charge on any atom is -0.358 e. The summed E-state index contributed by atoms with van der Waals surface area (Å²) in [7, 11) is 2.11. The minimum absolute atomic E-state index is 0.584. The number of nitrogens with two attached hydrogens (primary N) is 1. The fourth-order valence-electron chi connectivity index (χ4n) is 2.89. The Labute approximate surface area is 102 Å². The highest BCUT2D eigenvalue weighted by atomic mass is 15.2. The molecule has 0 saturated carbocycles. The van der Waals surface area contributed by atoms with E-state index in [2.05, 4.69) is 41.2 Å². The zero-order valence-corrected chi connectivity index (χ0v) is 10.2. The van der Waals surface area contributed by atoms with Crippen LogP contribution in [0.3, 0.4) is 0 Å². The molecule has 17 heavy (non-hydrogen) atoms. The first-order valence-electron chi connectivity index (χ1n) is 6.28. The molecule has 1 atom stereocenters. The van der Waals surface area contributed by atoms with Crippen molar-refractivity contribution in [3.05, 3.63) is 35.5 Å². The number of fused-ring (bicyclic) bond motifs is 3. The van der Waals surface area contributed by atoms with Gasteiger partial charge in [0.05, 0.1) is 0 Å². The smallest absolute Gasteiger partial charge is 0.0458 e. The molecule has 0 spiro atoms. The van der Waals surface area contributed by atoms with Crippen LogP contribution in [-0.2, 0) is 12.8 Å². The van der Waals surface area contributed by atoms with Crippen LogP contribution in [0.2, 0.25) is 0 Å². The van der Waals surface area contributed by atoms with Crippen LogP contribution in [0.1, 0.15) is 17.7 Å². The summed E-state index contributed by atoms with van der Waals surface area (Å²) in [6, 6.07) is 9.18. The number of hydrogen-bond donors (Lipinski definition) is 2. The van der Waals surface area contributed by atoms with E-state index in [-0.39, 0.29) is 0 Å². The lowest BCUT2D eigenvalue weighted by Crippen LogP contribution is -2.39. The SMILES string of the molecule is CN(CN)C1CCc2c([nH]c3ccccc23)C1. The summed E-state index contributed by atoms with van der Waals surface area (Å²) in [5, 5.41) is 1.40. The number of nitrogens with one attached hydrogen (secondary N) is 1. The lowest BCUT2D eigenvalue weighted by atomic mass is 9.91. The number of aromatic nitrogens is 1. The molecule has 90 valence electrons. The van der Waals surface area contributed by atoms with Crippen molar-refractivity contribution in [3.8, 4) is 0 Å². The van der Waals surface area contributed by atoms with Crippen LogP contribution in [0.5, 0.6) is 0 Å². The number of benzene rings is 1. The van der Waals surface area contributed by atoms with Crippen LogP contribution in [0.4, 0.5) is 0 Å². The predicted octanol–water partition coefficient (Wildman–Crippen LogP) is 1.87. The highest BCUT2D eigenvalue weighted by molar-refractivity contribution is 5.84. The zero-order chi connectivity index (χ0) is 11.8. The van der Waals surface area contributed by atoms with Gasteiger partial charge in [0, 0.05) is 35.7 Å². The Kier molecular flexibility index (Phi) is 2.65. The van der Waals surface area contributed by atoms with Crippen LogP contribution >= 0.6 is 0 Å². The summed E-state index contributed by atoms with van der Waals surface area (Å²) in [6.45, 7) is 0.639. The van der Waals surface area contributed by atoms with Crippen molar-refractivity contribution in [1.29, 1.82) is 0 Å². The van der Waals surface area contributed by atoms with Gasteiger partial charge in [-0.05, 0) is 31.5 Å². The van der Waals surface area contributed by atoms with E-state index in [0.29, 0.717) is 12.7 Å². The fourth-order valence-corrected chi connectivity index (χ4v) is 2.89. The Morgan fingerprint density at radius 1 is 1.41 bits per heavy atom. The molecule has 0 aliphatic heterocycles. The van der Waals surface area contributed by atoms with E-state index in [1.165, 1.54) is 28.6 Å². The molecule has 1 aliphatic carbocycles. The number of likely N-dealkylation sites (N-methyl/N-ethyl adjacent to an activating group) is 1. The Bertz CT molecular complexity index is 529. The lowest BCUT2D eigenvalue weighted by molar-refractivity contribution is 0.227. The number of nitrogens with zero attached hydrogens (tertiary/aromatic N) is 1. The van der Waals surface area contributed by atoms with E-state index in [1.807, 2.05) is 0 Å². The predicted molar refractivity (Wildman–Crippen MR) is 70.9 cm³/mol. The van der Waals surface area contributed by atoms with Gasteiger partial charge in [0.1, 0.15) is 0 Å². The molecule has 1 unspecified atom stereocenters. The number of H-pyrrole nitrogens is 1. The zero-order valence-electron chi connectivity index (χ0n) is 10.2. The maximum atomic E-state index is 5.71. The van der Waals surface area contributed by atoms with E-state index in [4.69, 9.17) is 5.73 Å². The highest BCUT2D eigenvalue weighted by Gasteiger charge is 2.24. The highest BCUT2D eigenvalue weighted by Crippen LogP contribution is 2.30. The van der Waals surface area contributed by atoms with Crippen molar-refractivity contribution < 1.29 is 0 Å². The first-order valence-corrected chi connectivity index (χ1v) is 6.28. The molecule has 1 aromatic carbocycles. The first kappa shape index (κ1) is 10.8. The third-order valence-corrected chi connectivity index (χ3v) is 3.98. The molecule has 1 aliphatic rings. The van der Waals surface area contributed by atoms with Gasteiger partial charge in [0.15, 0.2) is 0 Å². The van der Waals surface area contributed by atoms with E-state index < -0.39 is 0 Å². The maximum Gasteiger partial charge on any atom is 0.0458 e. The summed E-state index contributed by atoms with van der Waals surface area (Å²) in [4.78, 5) is 5.80. The van der Waals surface area contributed by atoms with Gasteiger partial charge < -0.3 is 10.7 Å². The number of para-hydroxylation sites is 1. The van der Waals surface area contributed by atoms with Crippen molar-refractivity contribution in [3.63, 3.8) is 0 Å². The molecule has 0 amide bonds. The average molecular weight is 229 g/mol. The molecule has 1 heterocycles. The molecular formula is C14H19N3. The van der Waals surface area contributed by atoms with E-state index >= 15 is 0 Å². The molecule has 0 radical (unpaired) electrons. The quantitative estimate of drug-likeness (QED) is 0.772.